The number of ether oxygens (including phenoxy) is 3. The highest BCUT2D eigenvalue weighted by molar-refractivity contribution is 6.32. The van der Waals surface area contributed by atoms with Crippen LogP contribution >= 0.6 is 11.6 Å². The lowest BCUT2D eigenvalue weighted by Crippen LogP contribution is -2.47. The first-order valence-electron chi connectivity index (χ1n) is 9.54. The summed E-state index contributed by atoms with van der Waals surface area (Å²) in [6, 6.07) is 11.7. The molecular formula is C22H23ClN2O4. The normalized spacial score (nSPS) is 16.4. The second-order valence-corrected chi connectivity index (χ2v) is 7.43. The Morgan fingerprint density at radius 3 is 2.62 bits per heavy atom. The van der Waals surface area contributed by atoms with Crippen LogP contribution < -0.4 is 14.2 Å². The van der Waals surface area contributed by atoms with Crippen molar-refractivity contribution in [3.8, 4) is 17.2 Å². The van der Waals surface area contributed by atoms with Crippen molar-refractivity contribution in [1.82, 2.24) is 9.80 Å². The minimum atomic E-state index is 0.00267. The Bertz CT molecular complexity index is 906. The van der Waals surface area contributed by atoms with Gasteiger partial charge in [0.25, 0.3) is 0 Å². The summed E-state index contributed by atoms with van der Waals surface area (Å²) in [4.78, 5) is 16.8. The van der Waals surface area contributed by atoms with E-state index in [-0.39, 0.29) is 12.7 Å². The number of carbonyl (C=O) groups excluding carboxylic acids is 1. The van der Waals surface area contributed by atoms with Gasteiger partial charge in [-0.1, -0.05) is 23.7 Å². The molecule has 2 aliphatic rings. The number of benzene rings is 2. The molecular weight excluding hydrogens is 392 g/mol. The van der Waals surface area contributed by atoms with Gasteiger partial charge in [0.1, 0.15) is 5.75 Å². The van der Waals surface area contributed by atoms with Gasteiger partial charge < -0.3 is 19.1 Å². The topological polar surface area (TPSA) is 51.2 Å². The van der Waals surface area contributed by atoms with Gasteiger partial charge in [-0.25, -0.2) is 0 Å². The Morgan fingerprint density at radius 1 is 1.14 bits per heavy atom. The van der Waals surface area contributed by atoms with E-state index >= 15 is 0 Å². The molecule has 152 valence electrons. The molecule has 1 saturated heterocycles. The number of nitrogens with zero attached hydrogens (tertiary/aromatic N) is 2. The summed E-state index contributed by atoms with van der Waals surface area (Å²) >= 11 is 6.19. The summed E-state index contributed by atoms with van der Waals surface area (Å²) in [6.45, 7) is 4.16. The molecule has 2 aliphatic heterocycles. The first kappa shape index (κ1) is 19.6. The molecule has 0 spiro atoms. The molecule has 0 aliphatic carbocycles. The summed E-state index contributed by atoms with van der Waals surface area (Å²) in [5, 5.41) is 0.485. The monoisotopic (exact) mass is 414 g/mol. The second-order valence-electron chi connectivity index (χ2n) is 7.02. The van der Waals surface area contributed by atoms with Gasteiger partial charge in [-0.05, 0) is 41.5 Å². The summed E-state index contributed by atoms with van der Waals surface area (Å²) in [6.07, 6.45) is 3.35. The Labute approximate surface area is 175 Å². The number of hydrogen-bond donors (Lipinski definition) is 0. The molecule has 0 N–H and O–H groups in total. The largest absolute Gasteiger partial charge is 0.497 e. The van der Waals surface area contributed by atoms with Crippen molar-refractivity contribution >= 4 is 23.6 Å². The lowest BCUT2D eigenvalue weighted by atomic mass is 10.1. The van der Waals surface area contributed by atoms with E-state index in [1.807, 2.05) is 23.1 Å². The smallest absolute Gasteiger partial charge is 0.246 e. The zero-order chi connectivity index (χ0) is 20.2. The van der Waals surface area contributed by atoms with Crippen molar-refractivity contribution in [2.75, 3.05) is 40.1 Å². The van der Waals surface area contributed by atoms with Crippen LogP contribution in [0.1, 0.15) is 11.1 Å². The molecule has 2 aromatic carbocycles. The van der Waals surface area contributed by atoms with Crippen molar-refractivity contribution in [1.29, 1.82) is 0 Å². The van der Waals surface area contributed by atoms with Crippen LogP contribution in [0, 0.1) is 0 Å². The zero-order valence-electron chi connectivity index (χ0n) is 16.3. The number of halogens is 1. The van der Waals surface area contributed by atoms with Gasteiger partial charge in [-0.3, -0.25) is 9.69 Å². The van der Waals surface area contributed by atoms with Crippen LogP contribution in [0.15, 0.2) is 42.5 Å². The van der Waals surface area contributed by atoms with Gasteiger partial charge in [0.15, 0.2) is 11.5 Å². The van der Waals surface area contributed by atoms with Crippen molar-refractivity contribution in [3.05, 3.63) is 58.6 Å². The van der Waals surface area contributed by atoms with Crippen LogP contribution in [0.4, 0.5) is 0 Å². The quantitative estimate of drug-likeness (QED) is 0.701. The van der Waals surface area contributed by atoms with E-state index in [1.54, 1.807) is 25.3 Å². The maximum absolute atomic E-state index is 12.5. The molecule has 2 aromatic rings. The molecule has 4 rings (SSSR count). The van der Waals surface area contributed by atoms with E-state index in [9.17, 15) is 4.79 Å². The number of hydrogen-bond acceptors (Lipinski definition) is 5. The van der Waals surface area contributed by atoms with Crippen LogP contribution in [0.3, 0.4) is 0 Å². The Balaban J connectivity index is 1.30. The minimum Gasteiger partial charge on any atom is -0.497 e. The SMILES string of the molecule is COc1ccc(CN2CCN(C(=O)/C=C/c3cc(Cl)c4c(c3)OCO4)CC2)cc1. The molecule has 0 bridgehead atoms. The molecule has 0 radical (unpaired) electrons. The van der Waals surface area contributed by atoms with Gasteiger partial charge in [0, 0.05) is 38.8 Å². The third-order valence-corrected chi connectivity index (χ3v) is 5.40. The van der Waals surface area contributed by atoms with E-state index in [1.165, 1.54) is 5.56 Å². The lowest BCUT2D eigenvalue weighted by molar-refractivity contribution is -0.127. The summed E-state index contributed by atoms with van der Waals surface area (Å²) in [5.74, 6) is 2.03. The maximum atomic E-state index is 12.5. The molecule has 0 aromatic heterocycles. The number of methoxy groups -OCH3 is 1. The average Bonchev–Trinajstić information content (AvgIpc) is 3.22. The summed E-state index contributed by atoms with van der Waals surface area (Å²) < 4.78 is 15.9. The van der Waals surface area contributed by atoms with Gasteiger partial charge in [0.05, 0.1) is 12.1 Å². The molecule has 0 saturated carbocycles. The van der Waals surface area contributed by atoms with Crippen molar-refractivity contribution < 1.29 is 19.0 Å². The third-order valence-electron chi connectivity index (χ3n) is 5.12. The van der Waals surface area contributed by atoms with Crippen LogP contribution in [-0.4, -0.2) is 55.8 Å². The fraction of sp³-hybridized carbons (Fsp3) is 0.318. The number of fused-ring (bicyclic) bond motifs is 1. The lowest BCUT2D eigenvalue weighted by Gasteiger charge is -2.34. The average molecular weight is 415 g/mol. The van der Waals surface area contributed by atoms with Gasteiger partial charge in [-0.15, -0.1) is 0 Å². The molecule has 7 heteroatoms. The highest BCUT2D eigenvalue weighted by atomic mass is 35.5. The molecule has 29 heavy (non-hydrogen) atoms. The molecule has 6 nitrogen and oxygen atoms in total. The highest BCUT2D eigenvalue weighted by Gasteiger charge is 2.20. The van der Waals surface area contributed by atoms with E-state index in [0.717, 1.165) is 30.9 Å². The molecule has 2 heterocycles. The van der Waals surface area contributed by atoms with Gasteiger partial charge in [0.2, 0.25) is 12.7 Å². The maximum Gasteiger partial charge on any atom is 0.246 e. The Morgan fingerprint density at radius 2 is 1.90 bits per heavy atom. The van der Waals surface area contributed by atoms with Gasteiger partial charge in [-0.2, -0.15) is 0 Å². The predicted octanol–water partition coefficient (Wildman–Crippen LogP) is 3.43. The number of piperazine rings is 1. The Kier molecular flexibility index (Phi) is 5.92. The number of amides is 1. The van der Waals surface area contributed by atoms with E-state index < -0.39 is 0 Å². The van der Waals surface area contributed by atoms with E-state index in [2.05, 4.69) is 17.0 Å². The molecule has 1 fully saturated rings. The molecule has 1 amide bonds. The van der Waals surface area contributed by atoms with Crippen LogP contribution in [0.25, 0.3) is 6.08 Å². The van der Waals surface area contributed by atoms with E-state index in [0.29, 0.717) is 29.6 Å². The number of rotatable bonds is 5. The number of carbonyl (C=O) groups is 1. The minimum absolute atomic E-state index is 0.00267. The fourth-order valence-electron chi connectivity index (χ4n) is 3.47. The van der Waals surface area contributed by atoms with E-state index in [4.69, 9.17) is 25.8 Å². The van der Waals surface area contributed by atoms with Crippen LogP contribution in [-0.2, 0) is 11.3 Å². The third kappa shape index (κ3) is 4.66. The first-order valence-corrected chi connectivity index (χ1v) is 9.91. The highest BCUT2D eigenvalue weighted by Crippen LogP contribution is 2.40. The second kappa shape index (κ2) is 8.76. The van der Waals surface area contributed by atoms with Crippen LogP contribution in [0.2, 0.25) is 5.02 Å². The standard InChI is InChI=1S/C22H23ClN2O4/c1-27-18-5-2-16(3-6-18)14-24-8-10-25(11-9-24)21(26)7-4-17-12-19(23)22-20(13-17)28-15-29-22/h2-7,12-13H,8-11,14-15H2,1H3/b7-4+. The van der Waals surface area contributed by atoms with Crippen LogP contribution in [0.5, 0.6) is 17.2 Å². The summed E-state index contributed by atoms with van der Waals surface area (Å²) in [7, 11) is 1.67. The first-order chi connectivity index (χ1) is 14.1. The molecule has 0 unspecified atom stereocenters. The van der Waals surface area contributed by atoms with Crippen molar-refractivity contribution in [2.45, 2.75) is 6.54 Å². The fourth-order valence-corrected chi connectivity index (χ4v) is 3.75. The van der Waals surface area contributed by atoms with Crippen molar-refractivity contribution in [3.63, 3.8) is 0 Å². The Hall–Kier alpha value is -2.70. The predicted molar refractivity (Wildman–Crippen MR) is 111 cm³/mol. The summed E-state index contributed by atoms with van der Waals surface area (Å²) in [5.41, 5.74) is 2.05. The molecule has 0 atom stereocenters. The van der Waals surface area contributed by atoms with Crippen molar-refractivity contribution in [2.24, 2.45) is 0 Å². The zero-order valence-corrected chi connectivity index (χ0v) is 17.0. The van der Waals surface area contributed by atoms with Gasteiger partial charge >= 0.3 is 0 Å².